The van der Waals surface area contributed by atoms with Crippen LogP contribution in [0.3, 0.4) is 0 Å². The Morgan fingerprint density at radius 1 is 1.15 bits per heavy atom. The molecule has 4 fully saturated rings. The third kappa shape index (κ3) is 4.18. The molecule has 3 saturated carbocycles. The number of amides is 2. The molecule has 0 aromatic carbocycles. The van der Waals surface area contributed by atoms with Crippen LogP contribution < -0.4 is 10.6 Å². The molecule has 0 aromatic heterocycles. The third-order valence-corrected chi connectivity index (χ3v) is 10.2. The normalized spacial score (nSPS) is 43.0. The molecule has 1 heterocycles. The molecule has 7 atom stereocenters. The van der Waals surface area contributed by atoms with Crippen molar-refractivity contribution < 1.29 is 19.5 Å². The zero-order valence-electron chi connectivity index (χ0n) is 20.8. The van der Waals surface area contributed by atoms with Gasteiger partial charge in [0.15, 0.2) is 6.61 Å². The van der Waals surface area contributed by atoms with Gasteiger partial charge in [0.05, 0.1) is 11.8 Å². The number of aliphatic hydroxyl groups is 1. The Bertz CT molecular complexity index is 885. The van der Waals surface area contributed by atoms with Crippen LogP contribution in [0.25, 0.3) is 0 Å². The highest BCUT2D eigenvalue weighted by Crippen LogP contribution is 2.65. The molecule has 0 radical (unpaired) electrons. The largest absolute Gasteiger partial charge is 0.393 e. The van der Waals surface area contributed by atoms with Crippen molar-refractivity contribution in [3.63, 3.8) is 0 Å². The molecule has 1 saturated heterocycles. The molecule has 188 valence electrons. The van der Waals surface area contributed by atoms with E-state index < -0.39 is 6.04 Å². The number of nitrogens with zero attached hydrogens (tertiary/aromatic N) is 1. The molecule has 5 rings (SSSR count). The lowest BCUT2D eigenvalue weighted by molar-refractivity contribution is -0.131. The monoisotopic (exact) mass is 471 g/mol. The van der Waals surface area contributed by atoms with E-state index in [1.54, 1.807) is 0 Å². The van der Waals surface area contributed by atoms with E-state index in [1.165, 1.54) is 24.8 Å². The number of rotatable bonds is 4. The number of aliphatic hydroxyl groups excluding tert-OH is 1. The van der Waals surface area contributed by atoms with E-state index in [1.807, 2.05) is 0 Å². The SMILES string of the molecule is C[C@]12CC[C@@H]3[C@H](CCC4=C/C(=N/OCC(=O)N[C@H]5CCCCNC5=O)CC[C@@]43C)[C@H]1CC[C@H]2O. The number of nitrogens with one attached hydrogen (secondary N) is 2. The van der Waals surface area contributed by atoms with Crippen LogP contribution in [0.15, 0.2) is 16.8 Å². The Labute approximate surface area is 203 Å². The van der Waals surface area contributed by atoms with E-state index >= 15 is 0 Å². The number of oxime groups is 1. The number of hydrogen-bond acceptors (Lipinski definition) is 5. The minimum Gasteiger partial charge on any atom is -0.393 e. The van der Waals surface area contributed by atoms with Crippen molar-refractivity contribution >= 4 is 17.5 Å². The van der Waals surface area contributed by atoms with E-state index in [0.29, 0.717) is 24.8 Å². The van der Waals surface area contributed by atoms with Gasteiger partial charge in [-0.3, -0.25) is 9.59 Å². The van der Waals surface area contributed by atoms with Crippen LogP contribution in [-0.2, 0) is 14.4 Å². The summed E-state index contributed by atoms with van der Waals surface area (Å²) in [5, 5.41) is 20.6. The average Bonchev–Trinajstić information content (AvgIpc) is 2.97. The molecular formula is C27H41N3O4. The third-order valence-electron chi connectivity index (χ3n) is 10.2. The molecule has 0 bridgehead atoms. The Kier molecular flexibility index (Phi) is 6.51. The van der Waals surface area contributed by atoms with E-state index in [2.05, 4.69) is 35.7 Å². The lowest BCUT2D eigenvalue weighted by atomic mass is 9.47. The summed E-state index contributed by atoms with van der Waals surface area (Å²) >= 11 is 0. The number of allylic oxidation sites excluding steroid dienone is 2. The second-order valence-electron chi connectivity index (χ2n) is 11.9. The molecule has 2 amide bonds. The summed E-state index contributed by atoms with van der Waals surface area (Å²) in [5.74, 6) is 1.66. The van der Waals surface area contributed by atoms with E-state index in [4.69, 9.17) is 4.84 Å². The Morgan fingerprint density at radius 2 is 2.00 bits per heavy atom. The van der Waals surface area contributed by atoms with Crippen LogP contribution in [0.2, 0.25) is 0 Å². The Hall–Kier alpha value is -1.89. The van der Waals surface area contributed by atoms with Gasteiger partial charge in [-0.15, -0.1) is 0 Å². The summed E-state index contributed by atoms with van der Waals surface area (Å²) in [6, 6.07) is -0.475. The van der Waals surface area contributed by atoms with Crippen molar-refractivity contribution in [2.24, 2.45) is 33.7 Å². The summed E-state index contributed by atoms with van der Waals surface area (Å²) in [5.41, 5.74) is 2.74. The van der Waals surface area contributed by atoms with Gasteiger partial charge in [0, 0.05) is 6.54 Å². The standard InChI is InChI=1S/C27H41N3O4/c1-26-12-10-18(30-34-16-24(32)29-22-5-3-4-14-28-25(22)33)15-17(26)6-7-19-20-8-9-23(31)27(20,2)13-11-21(19)26/h15,19-23,31H,3-14,16H2,1-2H3,(H,28,33)(H,29,32)/b30-18+/t19-,20-,21-,22+,23-,26+,27+/m1/s1. The van der Waals surface area contributed by atoms with Crippen molar-refractivity contribution in [3.05, 3.63) is 11.6 Å². The highest BCUT2D eigenvalue weighted by Gasteiger charge is 2.58. The summed E-state index contributed by atoms with van der Waals surface area (Å²) in [7, 11) is 0. The first kappa shape index (κ1) is 23.8. The quantitative estimate of drug-likeness (QED) is 0.547. The van der Waals surface area contributed by atoms with E-state index in [9.17, 15) is 14.7 Å². The fraction of sp³-hybridized carbons (Fsp3) is 0.815. The van der Waals surface area contributed by atoms with Gasteiger partial charge in [-0.25, -0.2) is 0 Å². The highest BCUT2D eigenvalue weighted by molar-refractivity contribution is 5.96. The van der Waals surface area contributed by atoms with E-state index in [-0.39, 0.29) is 35.4 Å². The summed E-state index contributed by atoms with van der Waals surface area (Å²) < 4.78 is 0. The molecular weight excluding hydrogens is 430 g/mol. The molecule has 0 spiro atoms. The molecule has 7 heteroatoms. The van der Waals surface area contributed by atoms with Crippen molar-refractivity contribution in [2.75, 3.05) is 13.2 Å². The summed E-state index contributed by atoms with van der Waals surface area (Å²) in [6.45, 7) is 5.29. The van der Waals surface area contributed by atoms with Gasteiger partial charge < -0.3 is 20.6 Å². The van der Waals surface area contributed by atoms with Gasteiger partial charge in [0.1, 0.15) is 6.04 Å². The molecule has 0 unspecified atom stereocenters. The lowest BCUT2D eigenvalue weighted by Crippen LogP contribution is -2.51. The van der Waals surface area contributed by atoms with Gasteiger partial charge in [-0.1, -0.05) is 24.6 Å². The second kappa shape index (κ2) is 9.29. The Morgan fingerprint density at radius 3 is 2.85 bits per heavy atom. The number of hydrogen-bond donors (Lipinski definition) is 3. The van der Waals surface area contributed by atoms with Crippen LogP contribution in [0.5, 0.6) is 0 Å². The topological polar surface area (TPSA) is 100 Å². The summed E-state index contributed by atoms with van der Waals surface area (Å²) in [4.78, 5) is 29.7. The van der Waals surface area contributed by atoms with Crippen molar-refractivity contribution in [2.45, 2.75) is 96.6 Å². The van der Waals surface area contributed by atoms with Gasteiger partial charge in [-0.2, -0.15) is 0 Å². The Balaban J connectivity index is 1.19. The maximum Gasteiger partial charge on any atom is 0.261 e. The molecule has 3 N–H and O–H groups in total. The average molecular weight is 472 g/mol. The van der Waals surface area contributed by atoms with Crippen LogP contribution in [0.4, 0.5) is 0 Å². The van der Waals surface area contributed by atoms with Gasteiger partial charge in [0.25, 0.3) is 5.91 Å². The maximum absolute atomic E-state index is 12.3. The predicted octanol–water partition coefficient (Wildman–Crippen LogP) is 3.47. The fourth-order valence-corrected chi connectivity index (χ4v) is 8.10. The molecule has 7 nitrogen and oxygen atoms in total. The minimum atomic E-state index is -0.475. The predicted molar refractivity (Wildman–Crippen MR) is 130 cm³/mol. The number of carbonyl (C=O) groups is 2. The first-order valence-electron chi connectivity index (χ1n) is 13.5. The number of fused-ring (bicyclic) bond motifs is 5. The molecule has 5 aliphatic rings. The van der Waals surface area contributed by atoms with Crippen LogP contribution in [-0.4, -0.2) is 47.9 Å². The zero-order chi connectivity index (χ0) is 23.9. The van der Waals surface area contributed by atoms with Crippen molar-refractivity contribution in [1.82, 2.24) is 10.6 Å². The zero-order valence-corrected chi connectivity index (χ0v) is 20.8. The van der Waals surface area contributed by atoms with E-state index in [0.717, 1.165) is 56.6 Å². The molecule has 1 aliphatic heterocycles. The molecule has 34 heavy (non-hydrogen) atoms. The summed E-state index contributed by atoms with van der Waals surface area (Å²) in [6.07, 6.45) is 13.4. The maximum atomic E-state index is 12.3. The van der Waals surface area contributed by atoms with Crippen LogP contribution in [0.1, 0.15) is 84.5 Å². The molecule has 4 aliphatic carbocycles. The van der Waals surface area contributed by atoms with Gasteiger partial charge in [-0.05, 0) is 105 Å². The number of carbonyl (C=O) groups excluding carboxylic acids is 2. The second-order valence-corrected chi connectivity index (χ2v) is 11.9. The van der Waals surface area contributed by atoms with Gasteiger partial charge in [0.2, 0.25) is 5.91 Å². The first-order chi connectivity index (χ1) is 16.3. The lowest BCUT2D eigenvalue weighted by Gasteiger charge is -2.57. The van der Waals surface area contributed by atoms with Crippen LogP contribution in [0, 0.1) is 28.6 Å². The fourth-order valence-electron chi connectivity index (χ4n) is 8.10. The van der Waals surface area contributed by atoms with Crippen molar-refractivity contribution in [3.8, 4) is 0 Å². The van der Waals surface area contributed by atoms with Crippen LogP contribution >= 0.6 is 0 Å². The first-order valence-corrected chi connectivity index (χ1v) is 13.5. The smallest absolute Gasteiger partial charge is 0.261 e. The van der Waals surface area contributed by atoms with Gasteiger partial charge >= 0.3 is 0 Å². The van der Waals surface area contributed by atoms with Crippen molar-refractivity contribution in [1.29, 1.82) is 0 Å². The minimum absolute atomic E-state index is 0.112. The molecule has 0 aromatic rings. The highest BCUT2D eigenvalue weighted by atomic mass is 16.6.